The third kappa shape index (κ3) is 17.3. The summed E-state index contributed by atoms with van der Waals surface area (Å²) in [5.41, 5.74) is 16.7. The van der Waals surface area contributed by atoms with E-state index in [4.69, 9.17) is 40.2 Å². The van der Waals surface area contributed by atoms with Gasteiger partial charge in [0.2, 0.25) is 0 Å². The standard InChI is InChI=1S/C20H21N5O2.C15H22BN3O3.C11H11BrN2O.C7H5BrN2.C4H8Br2O/c21-13-20(3-6-27-7-4-20)17-9-16(10-23-12-17)15-8-14-2-1-5-25(19(22)26)18(14)24-11-15;1-14(2)15(3,4)22-16(21-14)11-8-10-6-5-7-19(13(17)20)12(10)18-9-11;12-10-5-9(6-14-7-10)11(8-13)1-3-15-4-2-11;8-7-3-6(1-2-9)4-10-5-7;5-1-3-7-4-2-6/h8-12H,1-7H2,(H2,22,26);8-9H,5-7H2,1-4H3,(H2,17,20);5-7H,1-4H2;3-5H,1H2;1-4H2. The lowest BCUT2D eigenvalue weighted by Gasteiger charge is -2.32. The number of ether oxygens (including phenoxy) is 3. The molecule has 0 spiro atoms. The fourth-order valence-corrected chi connectivity index (χ4v) is 10.6. The minimum absolute atomic E-state index is 0.382. The van der Waals surface area contributed by atoms with Crippen LogP contribution in [0.3, 0.4) is 0 Å². The molecule has 3 fully saturated rings. The number of primary amides is 2. The van der Waals surface area contributed by atoms with Gasteiger partial charge in [0.15, 0.2) is 0 Å². The monoisotopic (exact) mass is 1360 g/mol. The van der Waals surface area contributed by atoms with E-state index < -0.39 is 30.0 Å². The van der Waals surface area contributed by atoms with E-state index in [1.54, 1.807) is 49.6 Å². The number of aromatic nitrogens is 5. The van der Waals surface area contributed by atoms with Gasteiger partial charge in [0.25, 0.3) is 0 Å². The number of hydrogen-bond donors (Lipinski definition) is 2. The number of rotatable bonds is 9. The Hall–Kier alpha value is -5.46. The minimum atomic E-state index is -0.550. The summed E-state index contributed by atoms with van der Waals surface area (Å²) in [4.78, 5) is 47.5. The van der Waals surface area contributed by atoms with Crippen LogP contribution in [0.1, 0.15) is 94.0 Å². The highest BCUT2D eigenvalue weighted by Crippen LogP contribution is 2.39. The molecule has 3 saturated heterocycles. The Balaban J connectivity index is 0.000000175. The van der Waals surface area contributed by atoms with Gasteiger partial charge in [-0.2, -0.15) is 15.8 Å². The van der Waals surface area contributed by atoms with Gasteiger partial charge in [0.05, 0.1) is 59.9 Å². The van der Waals surface area contributed by atoms with Crippen molar-refractivity contribution in [2.24, 2.45) is 11.5 Å². The Bertz CT molecular complexity index is 3040. The topological polar surface area (TPSA) is 275 Å². The van der Waals surface area contributed by atoms with Crippen molar-refractivity contribution in [1.29, 1.82) is 15.8 Å². The van der Waals surface area contributed by atoms with Gasteiger partial charge >= 0.3 is 19.2 Å². The molecule has 19 nitrogen and oxygen atoms in total. The normalized spacial score (nSPS) is 17.8. The van der Waals surface area contributed by atoms with Crippen molar-refractivity contribution < 1.29 is 33.1 Å². The Morgan fingerprint density at radius 3 is 1.59 bits per heavy atom. The van der Waals surface area contributed by atoms with Crippen molar-refractivity contribution in [1.82, 2.24) is 24.9 Å². The molecule has 0 aliphatic carbocycles. The second-order valence-electron chi connectivity index (χ2n) is 20.5. The third-order valence-electron chi connectivity index (χ3n) is 14.6. The summed E-state index contributed by atoms with van der Waals surface area (Å²) in [5.74, 6) is 1.29. The third-order valence-corrected chi connectivity index (χ3v) is 16.1. The summed E-state index contributed by atoms with van der Waals surface area (Å²) < 4.78 is 29.7. The number of fused-ring (bicyclic) bond motifs is 2. The lowest BCUT2D eigenvalue weighted by molar-refractivity contribution is 0.00578. The number of carbonyl (C=O) groups excluding carboxylic acids is 2. The van der Waals surface area contributed by atoms with Crippen LogP contribution in [0.15, 0.2) is 88.9 Å². The van der Waals surface area contributed by atoms with Crippen molar-refractivity contribution in [3.05, 3.63) is 117 Å². The number of amides is 4. The highest BCUT2D eigenvalue weighted by Gasteiger charge is 2.52. The Kier molecular flexibility index (Phi) is 24.6. The van der Waals surface area contributed by atoms with Gasteiger partial charge < -0.3 is 35.0 Å². The molecule has 5 aliphatic rings. The lowest BCUT2D eigenvalue weighted by Crippen LogP contribution is -2.41. The smallest absolute Gasteiger partial charge is 0.399 e. The van der Waals surface area contributed by atoms with Crippen LogP contribution in [0.25, 0.3) is 11.1 Å². The number of aryl methyl sites for hydroxylation is 2. The molecule has 0 saturated carbocycles. The van der Waals surface area contributed by atoms with E-state index in [2.05, 4.69) is 107 Å². The van der Waals surface area contributed by atoms with Crippen LogP contribution in [-0.4, -0.2) is 119 Å². The summed E-state index contributed by atoms with van der Waals surface area (Å²) in [6.07, 6.45) is 20.6. The summed E-state index contributed by atoms with van der Waals surface area (Å²) in [7, 11) is -0.438. The van der Waals surface area contributed by atoms with Crippen LogP contribution in [0.5, 0.6) is 0 Å². The molecule has 5 aliphatic heterocycles. The van der Waals surface area contributed by atoms with Crippen molar-refractivity contribution >= 4 is 100.0 Å². The van der Waals surface area contributed by atoms with Crippen molar-refractivity contribution in [3.8, 4) is 29.3 Å². The highest BCUT2D eigenvalue weighted by atomic mass is 79.9. The minimum Gasteiger partial charge on any atom is -0.399 e. The molecule has 0 aromatic carbocycles. The molecular formula is C57H67BBr4N12O7. The predicted molar refractivity (Wildman–Crippen MR) is 324 cm³/mol. The number of nitrogens with two attached hydrogens (primary N) is 2. The molecule has 0 bridgehead atoms. The lowest BCUT2D eigenvalue weighted by atomic mass is 9.76. The second-order valence-corrected chi connectivity index (χ2v) is 24.0. The zero-order valence-corrected chi connectivity index (χ0v) is 52.4. The maximum Gasteiger partial charge on any atom is 0.496 e. The van der Waals surface area contributed by atoms with Crippen molar-refractivity contribution in [3.63, 3.8) is 0 Å². The zero-order chi connectivity index (χ0) is 58.6. The van der Waals surface area contributed by atoms with Crippen LogP contribution < -0.4 is 26.7 Å². The second kappa shape index (κ2) is 30.7. The first kappa shape index (κ1) is 64.7. The molecule has 24 heteroatoms. The number of halogens is 4. The van der Waals surface area contributed by atoms with Gasteiger partial charge in [-0.1, -0.05) is 37.9 Å². The molecule has 81 heavy (non-hydrogen) atoms. The number of alkyl halides is 2. The number of hydrogen-bond acceptors (Lipinski definition) is 15. The number of pyridine rings is 5. The van der Waals surface area contributed by atoms with Gasteiger partial charge in [0, 0.05) is 125 Å². The van der Waals surface area contributed by atoms with Gasteiger partial charge in [-0.3, -0.25) is 24.8 Å². The fraction of sp³-hybridized carbons (Fsp3) is 0.474. The molecule has 4 N–H and O–H groups in total. The Morgan fingerprint density at radius 1 is 0.642 bits per heavy atom. The molecule has 4 amide bonds. The predicted octanol–water partition coefficient (Wildman–Crippen LogP) is 9.88. The highest BCUT2D eigenvalue weighted by molar-refractivity contribution is 9.11. The first-order valence-corrected chi connectivity index (χ1v) is 30.4. The molecular weight excluding hydrogens is 1300 g/mol. The quantitative estimate of drug-likeness (QED) is 0.0789. The van der Waals surface area contributed by atoms with Gasteiger partial charge in [-0.05, 0) is 163 Å². The Morgan fingerprint density at radius 2 is 1.11 bits per heavy atom. The first-order chi connectivity index (χ1) is 38.8. The summed E-state index contributed by atoms with van der Waals surface area (Å²) in [5, 5.41) is 29.3. The molecule has 428 valence electrons. The van der Waals surface area contributed by atoms with E-state index in [1.807, 2.05) is 58.0 Å². The molecule has 10 rings (SSSR count). The summed E-state index contributed by atoms with van der Waals surface area (Å²) in [6, 6.07) is 16.0. The average Bonchev–Trinajstić information content (AvgIpc) is 3.76. The van der Waals surface area contributed by atoms with Gasteiger partial charge in [-0.25, -0.2) is 19.6 Å². The maximum absolute atomic E-state index is 11.6. The van der Waals surface area contributed by atoms with E-state index in [0.717, 1.165) is 116 Å². The molecule has 0 atom stereocenters. The molecule has 5 aromatic heterocycles. The van der Waals surface area contributed by atoms with E-state index in [0.29, 0.717) is 70.4 Å². The largest absolute Gasteiger partial charge is 0.496 e. The van der Waals surface area contributed by atoms with Crippen LogP contribution in [0.4, 0.5) is 21.2 Å². The fourth-order valence-electron chi connectivity index (χ4n) is 9.40. The number of urea groups is 2. The van der Waals surface area contributed by atoms with E-state index >= 15 is 0 Å². The van der Waals surface area contributed by atoms with E-state index in [-0.39, 0.29) is 11.2 Å². The van der Waals surface area contributed by atoms with Crippen LogP contribution in [0.2, 0.25) is 0 Å². The van der Waals surface area contributed by atoms with Crippen molar-refractivity contribution in [2.75, 3.05) is 73.2 Å². The first-order valence-electron chi connectivity index (χ1n) is 26.5. The molecule has 0 unspecified atom stereocenters. The molecule has 0 radical (unpaired) electrons. The number of nitriles is 3. The number of carbonyl (C=O) groups is 2. The van der Waals surface area contributed by atoms with Crippen LogP contribution in [-0.2, 0) is 53.6 Å². The van der Waals surface area contributed by atoms with Crippen molar-refractivity contribution in [2.45, 2.75) is 108 Å². The van der Waals surface area contributed by atoms with Gasteiger partial charge in [-0.15, -0.1) is 0 Å². The van der Waals surface area contributed by atoms with Crippen LogP contribution in [0, 0.1) is 34.0 Å². The number of anilines is 2. The zero-order valence-electron chi connectivity index (χ0n) is 46.0. The summed E-state index contributed by atoms with van der Waals surface area (Å²) in [6.45, 7) is 13.4. The van der Waals surface area contributed by atoms with E-state index in [1.165, 1.54) is 9.80 Å². The van der Waals surface area contributed by atoms with E-state index in [9.17, 15) is 20.1 Å². The SMILES string of the molecule is BrCCOCCBr.CC1(C)OB(c2cnc3c(c2)CCCN3C(N)=O)OC1(C)C.N#CC1(c2cncc(-c3cnc4c(c3)CCCN4C(N)=O)c2)CCOCC1.N#CC1(c2cncc(Br)c2)CCOCC1.N#CCc1cncc(Br)c1. The molecule has 10 heterocycles. The summed E-state index contributed by atoms with van der Waals surface area (Å²) >= 11 is 13.1. The average molecular weight is 1360 g/mol. The maximum atomic E-state index is 11.6. The molecule has 5 aromatic rings. The van der Waals surface area contributed by atoms with Crippen LogP contribution >= 0.6 is 63.7 Å². The van der Waals surface area contributed by atoms with Gasteiger partial charge in [0.1, 0.15) is 11.6 Å². The Labute approximate surface area is 508 Å². The number of nitrogens with zero attached hydrogens (tertiary/aromatic N) is 10.